The Labute approximate surface area is 428 Å². The molecule has 0 aromatic heterocycles. The van der Waals surface area contributed by atoms with Crippen LogP contribution in [0.2, 0.25) is 0 Å². The van der Waals surface area contributed by atoms with Crippen molar-refractivity contribution in [2.45, 2.75) is 295 Å². The quantitative estimate of drug-likeness (QED) is 0.0196. The first-order valence-corrected chi connectivity index (χ1v) is 30.1. The van der Waals surface area contributed by atoms with Gasteiger partial charge in [0.25, 0.3) is 0 Å². The molecule has 70 heavy (non-hydrogen) atoms. The van der Waals surface area contributed by atoms with E-state index >= 15 is 0 Å². The summed E-state index contributed by atoms with van der Waals surface area (Å²) in [5.41, 5.74) is 0. The minimum absolute atomic E-state index is 0.0361. The zero-order valence-corrected chi connectivity index (χ0v) is 45.4. The number of hydrogen-bond acceptors (Lipinski definition) is 11. The van der Waals surface area contributed by atoms with Crippen molar-refractivity contribution < 1.29 is 56.2 Å². The molecule has 4 N–H and O–H groups in total. The zero-order valence-electron chi connectivity index (χ0n) is 44.6. The molecule has 1 rings (SSSR count). The third-order valence-corrected chi connectivity index (χ3v) is 13.7. The van der Waals surface area contributed by atoms with Crippen LogP contribution in [0.25, 0.3) is 0 Å². The van der Waals surface area contributed by atoms with Gasteiger partial charge < -0.3 is 34.3 Å². The maximum Gasteiger partial charge on any atom is 0.397 e. The molecular formula is C57H106O12S. The second-order valence-electron chi connectivity index (χ2n) is 19.9. The van der Waals surface area contributed by atoms with E-state index in [4.69, 9.17) is 18.9 Å². The Morgan fingerprint density at radius 2 is 0.943 bits per heavy atom. The van der Waals surface area contributed by atoms with E-state index in [-0.39, 0.29) is 19.6 Å². The van der Waals surface area contributed by atoms with Gasteiger partial charge in [-0.05, 0) is 70.6 Å². The van der Waals surface area contributed by atoms with Gasteiger partial charge in [0.05, 0.1) is 19.8 Å². The predicted octanol–water partition coefficient (Wildman–Crippen LogP) is 14.1. The minimum atomic E-state index is -5.07. The van der Waals surface area contributed by atoms with Crippen LogP contribution in [-0.2, 0) is 38.3 Å². The van der Waals surface area contributed by atoms with Crippen molar-refractivity contribution in [3.63, 3.8) is 0 Å². The van der Waals surface area contributed by atoms with Gasteiger partial charge in [0.2, 0.25) is 0 Å². The van der Waals surface area contributed by atoms with Crippen molar-refractivity contribution in [1.82, 2.24) is 0 Å². The molecule has 0 bridgehead atoms. The van der Waals surface area contributed by atoms with Gasteiger partial charge >= 0.3 is 16.4 Å². The number of ether oxygens (including phenoxy) is 4. The molecule has 6 atom stereocenters. The van der Waals surface area contributed by atoms with Crippen molar-refractivity contribution in [3.05, 3.63) is 36.5 Å². The molecule has 0 radical (unpaired) electrons. The van der Waals surface area contributed by atoms with E-state index in [2.05, 4.69) is 54.5 Å². The molecule has 0 aliphatic carbocycles. The molecule has 1 saturated heterocycles. The van der Waals surface area contributed by atoms with Crippen molar-refractivity contribution in [1.29, 1.82) is 0 Å². The standard InChI is InChI=1S/C57H106O12S/c1-3-5-7-9-11-13-15-17-19-21-23-24-25-26-27-29-31-33-35-37-39-41-43-45-47-65-49-51(50-66-57-55(61)56(69-70(62,63)64)54(60)52(48-58)68-57)67-53(59)46-44-42-40-38-36-34-32-30-28-22-20-18-16-14-12-10-8-6-4-2/h12,14,18,20-21,23,51-52,54-58,60-61H,3-11,13,15-17,19,22,24-50H2,1-2H3,(H,62,63,64)/b14-12-,20-18-,23-21-. The molecule has 1 fully saturated rings. The van der Waals surface area contributed by atoms with E-state index in [1.165, 1.54) is 180 Å². The fraction of sp³-hybridized carbons (Fsp3) is 0.877. The monoisotopic (exact) mass is 1010 g/mol. The second kappa shape index (κ2) is 48.3. The molecule has 1 aliphatic heterocycles. The predicted molar refractivity (Wildman–Crippen MR) is 285 cm³/mol. The Bertz CT molecular complexity index is 1360. The third kappa shape index (κ3) is 40.8. The number of carbonyl (C=O) groups excluding carboxylic acids is 1. The van der Waals surface area contributed by atoms with Crippen LogP contribution in [0.1, 0.15) is 258 Å². The summed E-state index contributed by atoms with van der Waals surface area (Å²) in [5.74, 6) is -0.400. The normalized spacial score (nSPS) is 19.3. The average Bonchev–Trinajstić information content (AvgIpc) is 3.34. The Balaban J connectivity index is 2.29. The lowest BCUT2D eigenvalue weighted by molar-refractivity contribution is -0.301. The second-order valence-corrected chi connectivity index (χ2v) is 20.9. The van der Waals surface area contributed by atoms with Crippen LogP contribution in [0.4, 0.5) is 0 Å². The zero-order chi connectivity index (χ0) is 51.0. The fourth-order valence-corrected chi connectivity index (χ4v) is 9.39. The van der Waals surface area contributed by atoms with E-state index < -0.39 is 59.8 Å². The molecular weight excluding hydrogens is 909 g/mol. The summed E-state index contributed by atoms with van der Waals surface area (Å²) in [5, 5.41) is 30.8. The molecule has 1 aliphatic rings. The molecule has 0 spiro atoms. The Kier molecular flexibility index (Phi) is 45.7. The highest BCUT2D eigenvalue weighted by Gasteiger charge is 2.48. The average molecular weight is 1020 g/mol. The van der Waals surface area contributed by atoms with Gasteiger partial charge in [0.15, 0.2) is 6.29 Å². The van der Waals surface area contributed by atoms with Gasteiger partial charge in [-0.2, -0.15) is 8.42 Å². The summed E-state index contributed by atoms with van der Waals surface area (Å²) in [6.07, 6.45) is 50.4. The highest BCUT2D eigenvalue weighted by molar-refractivity contribution is 7.80. The molecule has 0 amide bonds. The molecule has 0 saturated carbocycles. The molecule has 412 valence electrons. The lowest BCUT2D eigenvalue weighted by Gasteiger charge is -2.41. The lowest BCUT2D eigenvalue weighted by atomic mass is 9.99. The third-order valence-electron chi connectivity index (χ3n) is 13.2. The maximum absolute atomic E-state index is 12.9. The summed E-state index contributed by atoms with van der Waals surface area (Å²) in [4.78, 5) is 12.9. The number of rotatable bonds is 51. The molecule has 6 unspecified atom stereocenters. The summed E-state index contributed by atoms with van der Waals surface area (Å²) < 4.78 is 59.4. The summed E-state index contributed by atoms with van der Waals surface area (Å²) in [7, 11) is -5.07. The highest BCUT2D eigenvalue weighted by atomic mass is 32.3. The number of allylic oxidation sites excluding steroid dienone is 6. The number of unbranched alkanes of at least 4 members (excludes halogenated alkanes) is 32. The Morgan fingerprint density at radius 3 is 1.40 bits per heavy atom. The van der Waals surface area contributed by atoms with E-state index in [0.29, 0.717) is 13.0 Å². The number of aliphatic hydroxyl groups excluding tert-OH is 3. The topological polar surface area (TPSA) is 178 Å². The smallest absolute Gasteiger partial charge is 0.397 e. The molecule has 0 aromatic carbocycles. The summed E-state index contributed by atoms with van der Waals surface area (Å²) in [6, 6.07) is 0. The van der Waals surface area contributed by atoms with Gasteiger partial charge in [0, 0.05) is 13.0 Å². The van der Waals surface area contributed by atoms with Crippen LogP contribution in [0.15, 0.2) is 36.5 Å². The first kappa shape index (κ1) is 66.3. The van der Waals surface area contributed by atoms with Crippen molar-refractivity contribution >= 4 is 16.4 Å². The van der Waals surface area contributed by atoms with Crippen molar-refractivity contribution in [3.8, 4) is 0 Å². The van der Waals surface area contributed by atoms with Gasteiger partial charge in [-0.1, -0.05) is 217 Å². The van der Waals surface area contributed by atoms with Gasteiger partial charge in [0.1, 0.15) is 30.5 Å². The molecule has 1 heterocycles. The Hall–Kier alpha value is -1.68. The van der Waals surface area contributed by atoms with Crippen LogP contribution in [0, 0.1) is 0 Å². The minimum Gasteiger partial charge on any atom is -0.457 e. The molecule has 0 aromatic rings. The van der Waals surface area contributed by atoms with E-state index in [9.17, 15) is 33.1 Å². The SMILES string of the molecule is CCCCC/C=C\C/C=C\CCCCCCCCCCCC(=O)OC(COCCCCCCCCCCCCCC/C=C\CCCCCCCCCC)COC1OC(CO)C(O)C(OS(=O)(=O)O)C1O. The number of hydrogen-bond donors (Lipinski definition) is 4. The first-order chi connectivity index (χ1) is 34.1. The molecule has 13 heteroatoms. The van der Waals surface area contributed by atoms with Crippen LogP contribution in [0.3, 0.4) is 0 Å². The highest BCUT2D eigenvalue weighted by Crippen LogP contribution is 2.26. The van der Waals surface area contributed by atoms with Crippen LogP contribution < -0.4 is 0 Å². The fourth-order valence-electron chi connectivity index (χ4n) is 8.88. The number of esters is 1. The number of aliphatic hydroxyl groups is 3. The van der Waals surface area contributed by atoms with Crippen LogP contribution in [-0.4, -0.2) is 97.5 Å². The summed E-state index contributed by atoms with van der Waals surface area (Å²) >= 11 is 0. The van der Waals surface area contributed by atoms with Crippen LogP contribution >= 0.6 is 0 Å². The summed E-state index contributed by atoms with van der Waals surface area (Å²) in [6.45, 7) is 4.01. The van der Waals surface area contributed by atoms with Gasteiger partial charge in [-0.15, -0.1) is 0 Å². The molecule has 12 nitrogen and oxygen atoms in total. The maximum atomic E-state index is 12.9. The number of carbonyl (C=O) groups is 1. The Morgan fingerprint density at radius 1 is 0.543 bits per heavy atom. The largest absolute Gasteiger partial charge is 0.457 e. The van der Waals surface area contributed by atoms with E-state index in [1.807, 2.05) is 0 Å². The van der Waals surface area contributed by atoms with Crippen molar-refractivity contribution in [2.75, 3.05) is 26.4 Å². The van der Waals surface area contributed by atoms with Crippen LogP contribution in [0.5, 0.6) is 0 Å². The lowest BCUT2D eigenvalue weighted by Crippen LogP contribution is -2.60. The van der Waals surface area contributed by atoms with Crippen molar-refractivity contribution in [2.24, 2.45) is 0 Å². The van der Waals surface area contributed by atoms with Gasteiger partial charge in [-0.25, -0.2) is 4.18 Å². The van der Waals surface area contributed by atoms with E-state index in [0.717, 1.165) is 51.4 Å². The van der Waals surface area contributed by atoms with Gasteiger partial charge in [-0.3, -0.25) is 9.35 Å². The van der Waals surface area contributed by atoms with E-state index in [1.54, 1.807) is 0 Å². The first-order valence-electron chi connectivity index (χ1n) is 28.7.